The van der Waals surface area contributed by atoms with Gasteiger partial charge in [0, 0.05) is 11.8 Å². The molecule has 0 spiro atoms. The summed E-state index contributed by atoms with van der Waals surface area (Å²) < 4.78 is 29.7. The number of methoxy groups -OCH3 is 1. The summed E-state index contributed by atoms with van der Waals surface area (Å²) in [5, 5.41) is 0.0863. The van der Waals surface area contributed by atoms with Gasteiger partial charge >= 0.3 is 5.97 Å². The van der Waals surface area contributed by atoms with Gasteiger partial charge in [-0.25, -0.2) is 8.78 Å². The molecule has 16 heavy (non-hydrogen) atoms. The number of aryl methyl sites for hydroxylation is 1. The lowest BCUT2D eigenvalue weighted by Crippen LogP contribution is -2.09. The number of nitrogens with zero attached hydrogens (tertiary/aromatic N) is 1. The van der Waals surface area contributed by atoms with E-state index in [-0.39, 0.29) is 22.6 Å². The second-order valence-electron chi connectivity index (χ2n) is 3.15. The van der Waals surface area contributed by atoms with Crippen molar-refractivity contribution in [2.45, 2.75) is 19.8 Å². The van der Waals surface area contributed by atoms with Gasteiger partial charge in [0.15, 0.2) is 0 Å². The minimum absolute atomic E-state index is 0.0796. The normalized spacial score (nSPS) is 10.6. The van der Waals surface area contributed by atoms with Gasteiger partial charge in [-0.15, -0.1) is 0 Å². The van der Waals surface area contributed by atoms with Crippen molar-refractivity contribution in [1.82, 2.24) is 4.98 Å². The minimum Gasteiger partial charge on any atom is -0.469 e. The smallest absolute Gasteiger partial charge is 0.310 e. The quantitative estimate of drug-likeness (QED) is 0.773. The largest absolute Gasteiger partial charge is 0.469 e. The minimum atomic E-state index is -2.72. The average molecular weight is 250 g/mol. The highest BCUT2D eigenvalue weighted by Gasteiger charge is 2.20. The number of pyridine rings is 1. The van der Waals surface area contributed by atoms with Crippen molar-refractivity contribution in [2.24, 2.45) is 0 Å². The molecule has 3 nitrogen and oxygen atoms in total. The fraction of sp³-hybridized carbons (Fsp3) is 0.400. The Bertz CT molecular complexity index is 410. The number of carbonyl (C=O) groups excluding carboxylic acids is 1. The Morgan fingerprint density at radius 3 is 2.75 bits per heavy atom. The lowest BCUT2D eigenvalue weighted by molar-refractivity contribution is -0.139. The Balaban J connectivity index is 3.20. The Kier molecular flexibility index (Phi) is 4.18. The molecule has 0 amide bonds. The highest BCUT2D eigenvalue weighted by Crippen LogP contribution is 2.29. The van der Waals surface area contributed by atoms with Crippen LogP contribution < -0.4 is 0 Å². The molecule has 88 valence electrons. The van der Waals surface area contributed by atoms with Crippen LogP contribution in [0.4, 0.5) is 8.78 Å². The van der Waals surface area contributed by atoms with Crippen LogP contribution in [-0.4, -0.2) is 18.1 Å². The highest BCUT2D eigenvalue weighted by atomic mass is 35.5. The number of rotatable bonds is 3. The summed E-state index contributed by atoms with van der Waals surface area (Å²) in [6.45, 7) is 1.58. The SMILES string of the molecule is COC(=O)Cc1c(C(F)F)cnc(C)c1Cl. The van der Waals surface area contributed by atoms with Crippen LogP contribution in [0.3, 0.4) is 0 Å². The summed E-state index contributed by atoms with van der Waals surface area (Å²) in [6, 6.07) is 0. The highest BCUT2D eigenvalue weighted by molar-refractivity contribution is 6.32. The number of hydrogen-bond acceptors (Lipinski definition) is 3. The Morgan fingerprint density at radius 2 is 2.25 bits per heavy atom. The fourth-order valence-corrected chi connectivity index (χ4v) is 1.45. The van der Waals surface area contributed by atoms with Crippen LogP contribution in [0.15, 0.2) is 6.20 Å². The van der Waals surface area contributed by atoms with E-state index in [9.17, 15) is 13.6 Å². The molecule has 0 fully saturated rings. The monoisotopic (exact) mass is 249 g/mol. The van der Waals surface area contributed by atoms with Crippen LogP contribution >= 0.6 is 11.6 Å². The lowest BCUT2D eigenvalue weighted by Gasteiger charge is -2.11. The van der Waals surface area contributed by atoms with E-state index in [1.165, 1.54) is 7.11 Å². The summed E-state index contributed by atoms with van der Waals surface area (Å²) in [5.41, 5.74) is 0.155. The first-order valence-corrected chi connectivity index (χ1v) is 4.84. The van der Waals surface area contributed by atoms with Crippen molar-refractivity contribution in [2.75, 3.05) is 7.11 Å². The molecule has 0 saturated carbocycles. The third-order valence-electron chi connectivity index (χ3n) is 2.11. The molecule has 1 aromatic rings. The number of carbonyl (C=O) groups is 1. The zero-order valence-corrected chi connectivity index (χ0v) is 9.52. The van der Waals surface area contributed by atoms with Crippen LogP contribution in [-0.2, 0) is 16.0 Å². The third kappa shape index (κ3) is 2.66. The van der Waals surface area contributed by atoms with Gasteiger partial charge in [0.1, 0.15) is 0 Å². The van der Waals surface area contributed by atoms with Crippen molar-refractivity contribution in [1.29, 1.82) is 0 Å². The van der Waals surface area contributed by atoms with Gasteiger partial charge in [0.2, 0.25) is 0 Å². The molecule has 0 unspecified atom stereocenters. The molecule has 1 heterocycles. The Labute approximate surface area is 96.4 Å². The number of aromatic nitrogens is 1. The first-order valence-electron chi connectivity index (χ1n) is 4.46. The zero-order valence-electron chi connectivity index (χ0n) is 8.76. The van der Waals surface area contributed by atoms with E-state index in [1.54, 1.807) is 6.92 Å². The number of esters is 1. The van der Waals surface area contributed by atoms with E-state index in [4.69, 9.17) is 11.6 Å². The topological polar surface area (TPSA) is 39.2 Å². The maximum atomic E-state index is 12.6. The first-order chi connectivity index (χ1) is 7.47. The Morgan fingerprint density at radius 1 is 1.62 bits per heavy atom. The predicted octanol–water partition coefficient (Wildman–Crippen LogP) is 2.70. The lowest BCUT2D eigenvalue weighted by atomic mass is 10.1. The summed E-state index contributed by atoms with van der Waals surface area (Å²) in [4.78, 5) is 14.8. The van der Waals surface area contributed by atoms with Crippen molar-refractivity contribution in [3.05, 3.63) is 28.0 Å². The summed E-state index contributed by atoms with van der Waals surface area (Å²) in [5.74, 6) is -0.616. The number of alkyl halides is 2. The van der Waals surface area contributed by atoms with Crippen LogP contribution in [0.25, 0.3) is 0 Å². The van der Waals surface area contributed by atoms with E-state index in [2.05, 4.69) is 9.72 Å². The average Bonchev–Trinajstić information content (AvgIpc) is 2.24. The molecule has 0 radical (unpaired) electrons. The van der Waals surface area contributed by atoms with Crippen molar-refractivity contribution >= 4 is 17.6 Å². The molecule has 0 saturated heterocycles. The van der Waals surface area contributed by atoms with E-state index in [1.807, 2.05) is 0 Å². The molecule has 1 aromatic heterocycles. The van der Waals surface area contributed by atoms with E-state index < -0.39 is 12.4 Å². The predicted molar refractivity (Wildman–Crippen MR) is 54.7 cm³/mol. The van der Waals surface area contributed by atoms with Gasteiger partial charge in [-0.3, -0.25) is 9.78 Å². The number of hydrogen-bond donors (Lipinski definition) is 0. The van der Waals surface area contributed by atoms with Crippen LogP contribution in [0.5, 0.6) is 0 Å². The Hall–Kier alpha value is -1.23. The first kappa shape index (κ1) is 12.8. The van der Waals surface area contributed by atoms with E-state index in [0.29, 0.717) is 5.69 Å². The molecule has 0 aliphatic rings. The molecule has 6 heteroatoms. The standard InChI is InChI=1S/C10H10ClF2NO2/c1-5-9(11)6(3-8(15)16-2)7(4-14-5)10(12)13/h4,10H,3H2,1-2H3. The summed E-state index contributed by atoms with van der Waals surface area (Å²) >= 11 is 5.84. The van der Waals surface area contributed by atoms with Gasteiger partial charge in [-0.1, -0.05) is 11.6 Å². The van der Waals surface area contributed by atoms with Crippen LogP contribution in [0.1, 0.15) is 23.2 Å². The maximum absolute atomic E-state index is 12.6. The second-order valence-corrected chi connectivity index (χ2v) is 3.52. The third-order valence-corrected chi connectivity index (χ3v) is 2.61. The maximum Gasteiger partial charge on any atom is 0.310 e. The zero-order chi connectivity index (χ0) is 12.3. The van der Waals surface area contributed by atoms with Crippen LogP contribution in [0.2, 0.25) is 5.02 Å². The van der Waals surface area contributed by atoms with E-state index in [0.717, 1.165) is 6.20 Å². The molecular formula is C10H10ClF2NO2. The van der Waals surface area contributed by atoms with Crippen LogP contribution in [0, 0.1) is 6.92 Å². The van der Waals surface area contributed by atoms with Crippen molar-refractivity contribution in [3.8, 4) is 0 Å². The molecule has 0 atom stereocenters. The summed E-state index contributed by atoms with van der Waals surface area (Å²) in [6.07, 6.45) is -1.96. The number of ether oxygens (including phenoxy) is 1. The van der Waals surface area contributed by atoms with Gasteiger partial charge in [-0.05, 0) is 12.5 Å². The molecule has 1 rings (SSSR count). The number of halogens is 3. The molecule has 0 aromatic carbocycles. The fourth-order valence-electron chi connectivity index (χ4n) is 1.23. The second kappa shape index (κ2) is 5.21. The van der Waals surface area contributed by atoms with Crippen molar-refractivity contribution in [3.63, 3.8) is 0 Å². The van der Waals surface area contributed by atoms with Gasteiger partial charge in [-0.2, -0.15) is 0 Å². The van der Waals surface area contributed by atoms with Gasteiger partial charge < -0.3 is 4.74 Å². The molecular weight excluding hydrogens is 240 g/mol. The van der Waals surface area contributed by atoms with Crippen molar-refractivity contribution < 1.29 is 18.3 Å². The molecule has 0 aliphatic carbocycles. The molecule has 0 N–H and O–H groups in total. The summed E-state index contributed by atoms with van der Waals surface area (Å²) in [7, 11) is 1.19. The molecule has 0 bridgehead atoms. The molecule has 0 aliphatic heterocycles. The van der Waals surface area contributed by atoms with Gasteiger partial charge in [0.05, 0.1) is 24.2 Å². The van der Waals surface area contributed by atoms with Gasteiger partial charge in [0.25, 0.3) is 6.43 Å². The van der Waals surface area contributed by atoms with E-state index >= 15 is 0 Å².